The summed E-state index contributed by atoms with van der Waals surface area (Å²) in [6, 6.07) is 8.27. The van der Waals surface area contributed by atoms with Gasteiger partial charge in [0.05, 0.1) is 12.0 Å². The molecule has 2 heterocycles. The number of sulfonamides is 1. The molecule has 2 aromatic rings. The van der Waals surface area contributed by atoms with E-state index in [-0.39, 0.29) is 23.9 Å². The number of piperazine rings is 1. The Hall–Kier alpha value is -2.16. The standard InChI is InChI=1S/C18H20N2O4S2/c1-24-16-3-5-17(6-4-16)26(22,23)20-11-9-19(10-12-20)18(21)7-2-15-8-13-25-14-15/h2-8,13-14H,9-12H2,1H3/b7-2-. The van der Waals surface area contributed by atoms with E-state index in [1.165, 1.54) is 29.6 Å². The van der Waals surface area contributed by atoms with Crippen LogP contribution in [0, 0.1) is 0 Å². The monoisotopic (exact) mass is 392 g/mol. The van der Waals surface area contributed by atoms with Gasteiger partial charge in [-0.05, 0) is 52.7 Å². The molecule has 1 aliphatic heterocycles. The lowest BCUT2D eigenvalue weighted by atomic mass is 10.3. The number of amides is 1. The van der Waals surface area contributed by atoms with E-state index >= 15 is 0 Å². The molecule has 3 rings (SSSR count). The Bertz CT molecular complexity index is 866. The minimum absolute atomic E-state index is 0.0994. The molecule has 8 heteroatoms. The highest BCUT2D eigenvalue weighted by atomic mass is 32.2. The Morgan fingerprint density at radius 1 is 1.12 bits per heavy atom. The second kappa shape index (κ2) is 8.03. The summed E-state index contributed by atoms with van der Waals surface area (Å²) in [5.74, 6) is 0.509. The average Bonchev–Trinajstić information content (AvgIpc) is 3.20. The summed E-state index contributed by atoms with van der Waals surface area (Å²) >= 11 is 1.57. The summed E-state index contributed by atoms with van der Waals surface area (Å²) in [5.41, 5.74) is 0.990. The lowest BCUT2D eigenvalue weighted by Gasteiger charge is -2.33. The SMILES string of the molecule is COc1ccc(S(=O)(=O)N2CCN(C(=O)/C=C\c3ccsc3)CC2)cc1. The first-order valence-corrected chi connectivity index (χ1v) is 10.5. The van der Waals surface area contributed by atoms with Crippen LogP contribution < -0.4 is 4.74 Å². The van der Waals surface area contributed by atoms with E-state index in [4.69, 9.17) is 4.74 Å². The van der Waals surface area contributed by atoms with Crippen LogP contribution in [0.25, 0.3) is 6.08 Å². The molecule has 1 aromatic heterocycles. The molecule has 0 aliphatic carbocycles. The van der Waals surface area contributed by atoms with Crippen molar-refractivity contribution in [3.8, 4) is 5.75 Å². The summed E-state index contributed by atoms with van der Waals surface area (Å²) in [4.78, 5) is 14.2. The third-order valence-electron chi connectivity index (χ3n) is 4.21. The average molecular weight is 393 g/mol. The third kappa shape index (κ3) is 4.14. The molecule has 0 spiro atoms. The van der Waals surface area contributed by atoms with Gasteiger partial charge in [0.2, 0.25) is 15.9 Å². The Labute approximate surface area is 157 Å². The lowest BCUT2D eigenvalue weighted by molar-refractivity contribution is -0.127. The van der Waals surface area contributed by atoms with Crippen molar-refractivity contribution in [3.05, 3.63) is 52.7 Å². The molecule has 1 saturated heterocycles. The van der Waals surface area contributed by atoms with Gasteiger partial charge in [-0.2, -0.15) is 15.6 Å². The van der Waals surface area contributed by atoms with Crippen LogP contribution in [-0.2, 0) is 14.8 Å². The minimum atomic E-state index is -3.56. The van der Waals surface area contributed by atoms with E-state index in [0.717, 1.165) is 5.56 Å². The van der Waals surface area contributed by atoms with E-state index in [0.29, 0.717) is 18.8 Å². The number of thiophene rings is 1. The van der Waals surface area contributed by atoms with Gasteiger partial charge in [0.1, 0.15) is 5.75 Å². The van der Waals surface area contributed by atoms with E-state index in [1.54, 1.807) is 34.4 Å². The number of ether oxygens (including phenoxy) is 1. The molecule has 0 bridgehead atoms. The molecule has 138 valence electrons. The van der Waals surface area contributed by atoms with E-state index in [1.807, 2.05) is 16.8 Å². The molecule has 1 aliphatic rings. The number of carbonyl (C=O) groups excluding carboxylic acids is 1. The zero-order chi connectivity index (χ0) is 18.6. The largest absolute Gasteiger partial charge is 0.497 e. The second-order valence-electron chi connectivity index (χ2n) is 5.79. The van der Waals surface area contributed by atoms with Crippen LogP contribution in [0.5, 0.6) is 5.75 Å². The Kier molecular flexibility index (Phi) is 5.75. The lowest BCUT2D eigenvalue weighted by Crippen LogP contribution is -2.50. The minimum Gasteiger partial charge on any atom is -0.497 e. The Morgan fingerprint density at radius 3 is 2.38 bits per heavy atom. The maximum atomic E-state index is 12.7. The number of hydrogen-bond acceptors (Lipinski definition) is 5. The molecule has 0 atom stereocenters. The number of methoxy groups -OCH3 is 1. The molecule has 0 N–H and O–H groups in total. The van der Waals surface area contributed by atoms with Crippen molar-refractivity contribution in [3.63, 3.8) is 0 Å². The van der Waals surface area contributed by atoms with Gasteiger partial charge in [-0.25, -0.2) is 8.42 Å². The number of nitrogens with zero attached hydrogens (tertiary/aromatic N) is 2. The summed E-state index contributed by atoms with van der Waals surface area (Å²) < 4.78 is 31.9. The summed E-state index contributed by atoms with van der Waals surface area (Å²) in [7, 11) is -2.03. The van der Waals surface area contributed by atoms with Crippen LogP contribution >= 0.6 is 11.3 Å². The van der Waals surface area contributed by atoms with Gasteiger partial charge in [0.25, 0.3) is 0 Å². The fourth-order valence-corrected chi connectivity index (χ4v) is 4.74. The van der Waals surface area contributed by atoms with Gasteiger partial charge in [0.15, 0.2) is 0 Å². The molecule has 1 amide bonds. The van der Waals surface area contributed by atoms with Gasteiger partial charge in [-0.3, -0.25) is 4.79 Å². The van der Waals surface area contributed by atoms with Crippen molar-refractivity contribution in [2.75, 3.05) is 33.3 Å². The van der Waals surface area contributed by atoms with E-state index < -0.39 is 10.0 Å². The van der Waals surface area contributed by atoms with Crippen LogP contribution in [-0.4, -0.2) is 56.8 Å². The zero-order valence-electron chi connectivity index (χ0n) is 14.4. The summed E-state index contributed by atoms with van der Waals surface area (Å²) in [5, 5.41) is 3.91. The Morgan fingerprint density at radius 2 is 1.81 bits per heavy atom. The molecule has 1 aromatic carbocycles. The number of carbonyl (C=O) groups is 1. The molecule has 0 unspecified atom stereocenters. The fourth-order valence-electron chi connectivity index (χ4n) is 2.69. The number of rotatable bonds is 5. The topological polar surface area (TPSA) is 66.9 Å². The first-order valence-electron chi connectivity index (χ1n) is 8.14. The molecule has 0 radical (unpaired) electrons. The van der Waals surface area contributed by atoms with Crippen molar-refractivity contribution in [1.82, 2.24) is 9.21 Å². The van der Waals surface area contributed by atoms with Crippen molar-refractivity contribution >= 4 is 33.3 Å². The molecule has 26 heavy (non-hydrogen) atoms. The van der Waals surface area contributed by atoms with E-state index in [9.17, 15) is 13.2 Å². The van der Waals surface area contributed by atoms with Crippen LogP contribution in [0.3, 0.4) is 0 Å². The highest BCUT2D eigenvalue weighted by Gasteiger charge is 2.29. The van der Waals surface area contributed by atoms with Crippen LogP contribution in [0.4, 0.5) is 0 Å². The summed E-state index contributed by atoms with van der Waals surface area (Å²) in [6.07, 6.45) is 3.31. The zero-order valence-corrected chi connectivity index (χ0v) is 16.0. The number of hydrogen-bond donors (Lipinski definition) is 0. The fraction of sp³-hybridized carbons (Fsp3) is 0.278. The molecule has 1 fully saturated rings. The molecular weight excluding hydrogens is 372 g/mol. The van der Waals surface area contributed by atoms with Crippen LogP contribution in [0.15, 0.2) is 52.1 Å². The highest BCUT2D eigenvalue weighted by Crippen LogP contribution is 2.20. The quantitative estimate of drug-likeness (QED) is 0.733. The molecule has 0 saturated carbocycles. The van der Waals surface area contributed by atoms with Gasteiger partial charge >= 0.3 is 0 Å². The predicted molar refractivity (Wildman–Crippen MR) is 102 cm³/mol. The maximum Gasteiger partial charge on any atom is 0.246 e. The van der Waals surface area contributed by atoms with Gasteiger partial charge < -0.3 is 9.64 Å². The van der Waals surface area contributed by atoms with Crippen molar-refractivity contribution in [1.29, 1.82) is 0 Å². The van der Waals surface area contributed by atoms with Crippen LogP contribution in [0.1, 0.15) is 5.56 Å². The van der Waals surface area contributed by atoms with Gasteiger partial charge in [-0.15, -0.1) is 0 Å². The molecule has 6 nitrogen and oxygen atoms in total. The van der Waals surface area contributed by atoms with Crippen LogP contribution in [0.2, 0.25) is 0 Å². The first-order chi connectivity index (χ1) is 12.5. The number of benzene rings is 1. The Balaban J connectivity index is 1.61. The maximum absolute atomic E-state index is 12.7. The summed E-state index contributed by atoms with van der Waals surface area (Å²) in [6.45, 7) is 1.32. The normalized spacial score (nSPS) is 16.1. The van der Waals surface area contributed by atoms with Gasteiger partial charge in [0, 0.05) is 32.3 Å². The van der Waals surface area contributed by atoms with Crippen molar-refractivity contribution in [2.24, 2.45) is 0 Å². The highest BCUT2D eigenvalue weighted by molar-refractivity contribution is 7.89. The van der Waals surface area contributed by atoms with Gasteiger partial charge in [-0.1, -0.05) is 0 Å². The van der Waals surface area contributed by atoms with Crippen molar-refractivity contribution < 1.29 is 17.9 Å². The first kappa shape index (κ1) is 18.6. The van der Waals surface area contributed by atoms with E-state index in [2.05, 4.69) is 0 Å². The van der Waals surface area contributed by atoms with Crippen molar-refractivity contribution in [2.45, 2.75) is 4.90 Å². The smallest absolute Gasteiger partial charge is 0.246 e. The molecular formula is C18H20N2O4S2. The second-order valence-corrected chi connectivity index (χ2v) is 8.51. The third-order valence-corrected chi connectivity index (χ3v) is 6.82. The predicted octanol–water partition coefficient (Wildman–Crippen LogP) is 2.30.